The van der Waals surface area contributed by atoms with Gasteiger partial charge in [0.1, 0.15) is 5.75 Å². The summed E-state index contributed by atoms with van der Waals surface area (Å²) < 4.78 is 5.37. The van der Waals surface area contributed by atoms with Gasteiger partial charge in [0.2, 0.25) is 5.91 Å². The lowest BCUT2D eigenvalue weighted by Crippen LogP contribution is -2.43. The number of carbonyl (C=O) groups is 1. The van der Waals surface area contributed by atoms with Crippen molar-refractivity contribution in [2.24, 2.45) is 0 Å². The number of fused-ring (bicyclic) bond motifs is 1. The van der Waals surface area contributed by atoms with Gasteiger partial charge in [0.15, 0.2) is 0 Å². The summed E-state index contributed by atoms with van der Waals surface area (Å²) in [4.78, 5) is 13.9. The van der Waals surface area contributed by atoms with Crippen molar-refractivity contribution in [3.63, 3.8) is 0 Å². The van der Waals surface area contributed by atoms with E-state index < -0.39 is 0 Å². The third kappa shape index (κ3) is 3.20. The fraction of sp³-hybridized carbons (Fsp3) is 0.316. The Balaban J connectivity index is 1.99. The molecule has 0 saturated carbocycles. The van der Waals surface area contributed by atoms with Crippen molar-refractivity contribution in [1.29, 1.82) is 0 Å². The van der Waals surface area contributed by atoms with Crippen LogP contribution in [0.4, 0.5) is 11.4 Å². The maximum absolute atomic E-state index is 12.1. The highest BCUT2D eigenvalue weighted by molar-refractivity contribution is 6.30. The first-order chi connectivity index (χ1) is 11.5. The van der Waals surface area contributed by atoms with E-state index in [4.69, 9.17) is 16.3 Å². The van der Waals surface area contributed by atoms with Crippen molar-refractivity contribution in [2.75, 3.05) is 17.3 Å². The normalized spacial score (nSPS) is 19.6. The van der Waals surface area contributed by atoms with Crippen molar-refractivity contribution in [3.05, 3.63) is 53.1 Å². The van der Waals surface area contributed by atoms with E-state index >= 15 is 0 Å². The van der Waals surface area contributed by atoms with Gasteiger partial charge >= 0.3 is 0 Å². The Hall–Kier alpha value is -2.20. The van der Waals surface area contributed by atoms with Crippen LogP contribution in [0.25, 0.3) is 0 Å². The van der Waals surface area contributed by atoms with Gasteiger partial charge < -0.3 is 15.0 Å². The number of ether oxygens (including phenoxy) is 1. The van der Waals surface area contributed by atoms with Crippen LogP contribution in [-0.2, 0) is 4.79 Å². The summed E-state index contributed by atoms with van der Waals surface area (Å²) in [5, 5.41) is 4.26. The molecule has 1 aliphatic rings. The molecule has 126 valence electrons. The Morgan fingerprint density at radius 2 is 1.96 bits per heavy atom. The molecule has 5 heteroatoms. The van der Waals surface area contributed by atoms with Gasteiger partial charge in [0, 0.05) is 34.9 Å². The van der Waals surface area contributed by atoms with E-state index in [9.17, 15) is 4.79 Å². The maximum atomic E-state index is 12.1. The molecule has 1 amide bonds. The lowest BCUT2D eigenvalue weighted by atomic mass is 9.91. The molecule has 2 atom stereocenters. The molecule has 0 radical (unpaired) electrons. The van der Waals surface area contributed by atoms with Crippen LogP contribution in [0.15, 0.2) is 42.5 Å². The van der Waals surface area contributed by atoms with E-state index in [1.54, 1.807) is 14.0 Å². The quantitative estimate of drug-likeness (QED) is 0.881. The van der Waals surface area contributed by atoms with Crippen molar-refractivity contribution in [1.82, 2.24) is 0 Å². The molecule has 0 aliphatic carbocycles. The molecule has 3 rings (SSSR count). The molecule has 1 aliphatic heterocycles. The molecule has 0 saturated heterocycles. The molecule has 0 aromatic heterocycles. The van der Waals surface area contributed by atoms with Gasteiger partial charge in [-0.1, -0.05) is 11.6 Å². The minimum atomic E-state index is 0.0545. The molecule has 24 heavy (non-hydrogen) atoms. The number of nitrogens with one attached hydrogen (secondary N) is 1. The second-order valence-corrected chi connectivity index (χ2v) is 6.54. The molecule has 4 nitrogen and oxygen atoms in total. The highest BCUT2D eigenvalue weighted by Crippen LogP contribution is 2.40. The fourth-order valence-electron chi connectivity index (χ4n) is 3.33. The summed E-state index contributed by atoms with van der Waals surface area (Å²) in [5.74, 6) is 0.841. The number of carbonyl (C=O) groups excluding carboxylic acids is 1. The SMILES string of the molecule is COc1ccc2c(c1)[C@H](Nc1ccc(Cl)cc1)C[C@H](C)N2C(C)=O. The fourth-order valence-corrected chi connectivity index (χ4v) is 3.46. The first-order valence-electron chi connectivity index (χ1n) is 7.99. The Bertz CT molecular complexity index is 746. The third-order valence-electron chi connectivity index (χ3n) is 4.41. The highest BCUT2D eigenvalue weighted by atomic mass is 35.5. The lowest BCUT2D eigenvalue weighted by Gasteiger charge is -2.39. The first kappa shape index (κ1) is 16.7. The standard InChI is InChI=1S/C19H21ClN2O2/c1-12-10-18(21-15-6-4-14(20)5-7-15)17-11-16(24-3)8-9-19(17)22(12)13(2)23/h4-9,11-12,18,21H,10H2,1-3H3/t12-,18+/m0/s1. The number of halogens is 1. The summed E-state index contributed by atoms with van der Waals surface area (Å²) in [6.07, 6.45) is 0.822. The summed E-state index contributed by atoms with van der Waals surface area (Å²) in [6.45, 7) is 3.68. The van der Waals surface area contributed by atoms with Crippen LogP contribution in [0.5, 0.6) is 5.75 Å². The van der Waals surface area contributed by atoms with E-state index in [2.05, 4.69) is 12.2 Å². The van der Waals surface area contributed by atoms with Crippen LogP contribution in [0.3, 0.4) is 0 Å². The predicted octanol–water partition coefficient (Wildman–Crippen LogP) is 4.65. The predicted molar refractivity (Wildman–Crippen MR) is 98.0 cm³/mol. The molecular formula is C19H21ClN2O2. The molecule has 2 aromatic rings. The van der Waals surface area contributed by atoms with Gasteiger partial charge in [-0.05, 0) is 55.8 Å². The molecule has 0 bridgehead atoms. The molecule has 1 heterocycles. The number of methoxy groups -OCH3 is 1. The van der Waals surface area contributed by atoms with Gasteiger partial charge in [-0.2, -0.15) is 0 Å². The van der Waals surface area contributed by atoms with Crippen molar-refractivity contribution in [2.45, 2.75) is 32.4 Å². The Labute approximate surface area is 147 Å². The van der Waals surface area contributed by atoms with Gasteiger partial charge in [0.25, 0.3) is 0 Å². The maximum Gasteiger partial charge on any atom is 0.224 e. The van der Waals surface area contributed by atoms with Crippen molar-refractivity contribution < 1.29 is 9.53 Å². The Kier molecular flexibility index (Phi) is 4.67. The average Bonchev–Trinajstić information content (AvgIpc) is 2.56. The van der Waals surface area contributed by atoms with Gasteiger partial charge in [0.05, 0.1) is 13.2 Å². The third-order valence-corrected chi connectivity index (χ3v) is 4.66. The van der Waals surface area contributed by atoms with E-state index in [1.807, 2.05) is 47.4 Å². The summed E-state index contributed by atoms with van der Waals surface area (Å²) in [6, 6.07) is 13.7. The highest BCUT2D eigenvalue weighted by Gasteiger charge is 2.32. The summed E-state index contributed by atoms with van der Waals surface area (Å²) in [7, 11) is 1.65. The molecular weight excluding hydrogens is 324 g/mol. The van der Waals surface area contributed by atoms with Crippen molar-refractivity contribution in [3.8, 4) is 5.75 Å². The van der Waals surface area contributed by atoms with E-state index in [-0.39, 0.29) is 18.0 Å². The minimum Gasteiger partial charge on any atom is -0.497 e. The molecule has 2 aromatic carbocycles. The summed E-state index contributed by atoms with van der Waals surface area (Å²) >= 11 is 5.96. The van der Waals surface area contributed by atoms with E-state index in [1.165, 1.54) is 0 Å². The largest absolute Gasteiger partial charge is 0.497 e. The second kappa shape index (κ2) is 6.73. The molecule has 1 N–H and O–H groups in total. The lowest BCUT2D eigenvalue weighted by molar-refractivity contribution is -0.117. The van der Waals surface area contributed by atoms with Crippen LogP contribution >= 0.6 is 11.6 Å². The van der Waals surface area contributed by atoms with Gasteiger partial charge in [-0.25, -0.2) is 0 Å². The van der Waals surface area contributed by atoms with Crippen LogP contribution in [0.1, 0.15) is 31.9 Å². The molecule has 0 fully saturated rings. The zero-order chi connectivity index (χ0) is 17.3. The van der Waals surface area contributed by atoms with Crippen LogP contribution in [0.2, 0.25) is 5.02 Å². The molecule has 0 spiro atoms. The number of anilines is 2. The summed E-state index contributed by atoms with van der Waals surface area (Å²) in [5.41, 5.74) is 3.01. The zero-order valence-electron chi connectivity index (χ0n) is 14.0. The number of rotatable bonds is 3. The zero-order valence-corrected chi connectivity index (χ0v) is 14.8. The van der Waals surface area contributed by atoms with Crippen LogP contribution < -0.4 is 15.0 Å². The Morgan fingerprint density at radius 3 is 2.58 bits per heavy atom. The minimum absolute atomic E-state index is 0.0545. The van der Waals surface area contributed by atoms with E-state index in [0.717, 1.165) is 29.1 Å². The average molecular weight is 345 g/mol. The van der Waals surface area contributed by atoms with Crippen molar-refractivity contribution >= 4 is 28.9 Å². The van der Waals surface area contributed by atoms with Crippen LogP contribution in [-0.4, -0.2) is 19.1 Å². The topological polar surface area (TPSA) is 41.6 Å². The first-order valence-corrected chi connectivity index (χ1v) is 8.37. The Morgan fingerprint density at radius 1 is 1.25 bits per heavy atom. The number of benzene rings is 2. The van der Waals surface area contributed by atoms with Gasteiger partial charge in [-0.15, -0.1) is 0 Å². The number of hydrogen-bond donors (Lipinski definition) is 1. The number of hydrogen-bond acceptors (Lipinski definition) is 3. The number of nitrogens with zero attached hydrogens (tertiary/aromatic N) is 1. The van der Waals surface area contributed by atoms with Crippen LogP contribution in [0, 0.1) is 0 Å². The second-order valence-electron chi connectivity index (χ2n) is 6.10. The molecule has 0 unspecified atom stereocenters. The van der Waals surface area contributed by atoms with E-state index in [0.29, 0.717) is 5.02 Å². The smallest absolute Gasteiger partial charge is 0.224 e. The monoisotopic (exact) mass is 344 g/mol. The van der Waals surface area contributed by atoms with Gasteiger partial charge in [-0.3, -0.25) is 4.79 Å². The number of amides is 1.